The number of nitrogens with two attached hydrogens (primary N) is 2. The third kappa shape index (κ3) is 4.48. The van der Waals surface area contributed by atoms with Crippen molar-refractivity contribution < 1.29 is 13.6 Å². The molecule has 4 N–H and O–H groups in total. The third-order valence-electron chi connectivity index (χ3n) is 2.56. The average Bonchev–Trinajstić information content (AvgIpc) is 2.27. The van der Waals surface area contributed by atoms with Crippen LogP contribution in [0.25, 0.3) is 0 Å². The maximum absolute atomic E-state index is 12.9. The van der Waals surface area contributed by atoms with Gasteiger partial charge in [-0.1, -0.05) is 12.5 Å². The molecule has 1 rings (SSSR count). The van der Waals surface area contributed by atoms with Crippen molar-refractivity contribution in [2.45, 2.75) is 31.7 Å². The van der Waals surface area contributed by atoms with Crippen LogP contribution < -0.4 is 11.5 Å². The zero-order valence-corrected chi connectivity index (χ0v) is 9.46. The molecule has 0 heterocycles. The first-order valence-corrected chi connectivity index (χ1v) is 5.49. The van der Waals surface area contributed by atoms with E-state index in [-0.39, 0.29) is 11.9 Å². The standard InChI is InChI=1S/C12H16F2N2O/c13-9-6-5-8(7-10(9)14)11(15)3-1-2-4-12(16)17/h5-7,11H,1-4,15H2,(H2,16,17). The van der Waals surface area contributed by atoms with E-state index in [1.165, 1.54) is 6.07 Å². The van der Waals surface area contributed by atoms with E-state index >= 15 is 0 Å². The molecule has 1 aromatic rings. The van der Waals surface area contributed by atoms with E-state index in [1.807, 2.05) is 0 Å². The first-order valence-electron chi connectivity index (χ1n) is 5.49. The van der Waals surface area contributed by atoms with Gasteiger partial charge in [0.2, 0.25) is 5.91 Å². The minimum atomic E-state index is -0.893. The second-order valence-electron chi connectivity index (χ2n) is 3.99. The van der Waals surface area contributed by atoms with Gasteiger partial charge in [-0.3, -0.25) is 4.79 Å². The molecule has 94 valence electrons. The van der Waals surface area contributed by atoms with Gasteiger partial charge in [0.15, 0.2) is 11.6 Å². The van der Waals surface area contributed by atoms with Crippen LogP contribution in [0.3, 0.4) is 0 Å². The summed E-state index contributed by atoms with van der Waals surface area (Å²) in [7, 11) is 0. The lowest BCUT2D eigenvalue weighted by Gasteiger charge is -2.11. The zero-order chi connectivity index (χ0) is 12.8. The molecule has 0 bridgehead atoms. The lowest BCUT2D eigenvalue weighted by molar-refractivity contribution is -0.118. The van der Waals surface area contributed by atoms with E-state index < -0.39 is 11.6 Å². The van der Waals surface area contributed by atoms with Gasteiger partial charge < -0.3 is 11.5 Å². The summed E-state index contributed by atoms with van der Waals surface area (Å²) in [5.41, 5.74) is 11.4. The molecule has 3 nitrogen and oxygen atoms in total. The van der Waals surface area contributed by atoms with Gasteiger partial charge in [-0.25, -0.2) is 8.78 Å². The molecular weight excluding hydrogens is 226 g/mol. The van der Waals surface area contributed by atoms with Crippen molar-refractivity contribution in [2.75, 3.05) is 0 Å². The number of carbonyl (C=O) groups excluding carboxylic acids is 1. The summed E-state index contributed by atoms with van der Waals surface area (Å²) in [5.74, 6) is -2.11. The summed E-state index contributed by atoms with van der Waals surface area (Å²) in [4.78, 5) is 10.5. The van der Waals surface area contributed by atoms with E-state index in [0.717, 1.165) is 18.6 Å². The van der Waals surface area contributed by atoms with Crippen LogP contribution in [0.15, 0.2) is 18.2 Å². The van der Waals surface area contributed by atoms with Crippen molar-refractivity contribution in [3.63, 3.8) is 0 Å². The highest BCUT2D eigenvalue weighted by Gasteiger charge is 2.09. The van der Waals surface area contributed by atoms with Gasteiger partial charge >= 0.3 is 0 Å². The van der Waals surface area contributed by atoms with Gasteiger partial charge in [0, 0.05) is 12.5 Å². The molecule has 0 aromatic heterocycles. The molecule has 5 heteroatoms. The monoisotopic (exact) mass is 242 g/mol. The molecule has 1 aromatic carbocycles. The first-order chi connectivity index (χ1) is 8.00. The van der Waals surface area contributed by atoms with E-state index in [0.29, 0.717) is 24.8 Å². The average molecular weight is 242 g/mol. The number of halogens is 2. The highest BCUT2D eigenvalue weighted by atomic mass is 19.2. The normalized spacial score (nSPS) is 12.4. The van der Waals surface area contributed by atoms with Crippen molar-refractivity contribution in [1.82, 2.24) is 0 Å². The Morgan fingerprint density at radius 1 is 1.24 bits per heavy atom. The van der Waals surface area contributed by atoms with Crippen molar-refractivity contribution in [2.24, 2.45) is 11.5 Å². The van der Waals surface area contributed by atoms with E-state index in [4.69, 9.17) is 11.5 Å². The van der Waals surface area contributed by atoms with Gasteiger partial charge in [0.25, 0.3) is 0 Å². The number of unbranched alkanes of at least 4 members (excludes halogenated alkanes) is 1. The van der Waals surface area contributed by atoms with Crippen molar-refractivity contribution >= 4 is 5.91 Å². The van der Waals surface area contributed by atoms with Gasteiger partial charge in [0.1, 0.15) is 0 Å². The maximum atomic E-state index is 12.9. The number of rotatable bonds is 6. The number of primary amides is 1. The Labute approximate surface area is 98.8 Å². The molecule has 1 unspecified atom stereocenters. The Balaban J connectivity index is 2.44. The Morgan fingerprint density at radius 2 is 1.94 bits per heavy atom. The number of amides is 1. The zero-order valence-electron chi connectivity index (χ0n) is 9.46. The lowest BCUT2D eigenvalue weighted by atomic mass is 10.0. The van der Waals surface area contributed by atoms with Crippen LogP contribution in [0.2, 0.25) is 0 Å². The van der Waals surface area contributed by atoms with E-state index in [9.17, 15) is 13.6 Å². The summed E-state index contributed by atoms with van der Waals surface area (Å²) in [6.45, 7) is 0. The Kier molecular flexibility index (Phi) is 5.03. The molecule has 17 heavy (non-hydrogen) atoms. The highest BCUT2D eigenvalue weighted by Crippen LogP contribution is 2.19. The Hall–Kier alpha value is -1.49. The highest BCUT2D eigenvalue weighted by molar-refractivity contribution is 5.73. The van der Waals surface area contributed by atoms with E-state index in [2.05, 4.69) is 0 Å². The Morgan fingerprint density at radius 3 is 2.53 bits per heavy atom. The minimum absolute atomic E-state index is 0.324. The fraction of sp³-hybridized carbons (Fsp3) is 0.417. The molecule has 1 atom stereocenters. The fourth-order valence-corrected chi connectivity index (χ4v) is 1.57. The summed E-state index contributed by atoms with van der Waals surface area (Å²) in [5, 5.41) is 0. The van der Waals surface area contributed by atoms with Gasteiger partial charge in [-0.2, -0.15) is 0 Å². The lowest BCUT2D eigenvalue weighted by Crippen LogP contribution is -2.12. The minimum Gasteiger partial charge on any atom is -0.370 e. The topological polar surface area (TPSA) is 69.1 Å². The summed E-state index contributed by atoms with van der Waals surface area (Å²) < 4.78 is 25.6. The van der Waals surface area contributed by atoms with Crippen LogP contribution >= 0.6 is 0 Å². The second kappa shape index (κ2) is 6.30. The number of hydrogen-bond donors (Lipinski definition) is 2. The molecule has 0 aliphatic carbocycles. The number of hydrogen-bond acceptors (Lipinski definition) is 2. The third-order valence-corrected chi connectivity index (χ3v) is 2.56. The number of carbonyl (C=O) groups is 1. The summed E-state index contributed by atoms with van der Waals surface area (Å²) in [6.07, 6.45) is 2.32. The molecular formula is C12H16F2N2O. The van der Waals surface area contributed by atoms with Crippen LogP contribution in [0.4, 0.5) is 8.78 Å². The smallest absolute Gasteiger partial charge is 0.217 e. The van der Waals surface area contributed by atoms with Crippen molar-refractivity contribution in [1.29, 1.82) is 0 Å². The molecule has 0 spiro atoms. The van der Waals surface area contributed by atoms with Crippen molar-refractivity contribution in [3.05, 3.63) is 35.4 Å². The van der Waals surface area contributed by atoms with Gasteiger partial charge in [-0.15, -0.1) is 0 Å². The van der Waals surface area contributed by atoms with Crippen LogP contribution in [0, 0.1) is 11.6 Å². The SMILES string of the molecule is NC(=O)CCCCC(N)c1ccc(F)c(F)c1. The quantitative estimate of drug-likeness (QED) is 0.749. The molecule has 0 fully saturated rings. The largest absolute Gasteiger partial charge is 0.370 e. The molecule has 0 radical (unpaired) electrons. The molecule has 0 saturated carbocycles. The van der Waals surface area contributed by atoms with Gasteiger partial charge in [-0.05, 0) is 30.5 Å². The van der Waals surface area contributed by atoms with Crippen LogP contribution in [0.1, 0.15) is 37.3 Å². The fourth-order valence-electron chi connectivity index (χ4n) is 1.57. The van der Waals surface area contributed by atoms with Crippen LogP contribution in [0.5, 0.6) is 0 Å². The van der Waals surface area contributed by atoms with Crippen LogP contribution in [-0.2, 0) is 4.79 Å². The first kappa shape index (κ1) is 13.6. The Bertz CT molecular complexity index is 396. The predicted molar refractivity (Wildman–Crippen MR) is 60.9 cm³/mol. The summed E-state index contributed by atoms with van der Waals surface area (Å²) >= 11 is 0. The van der Waals surface area contributed by atoms with E-state index in [1.54, 1.807) is 0 Å². The van der Waals surface area contributed by atoms with Crippen molar-refractivity contribution in [3.8, 4) is 0 Å². The molecule has 1 amide bonds. The number of benzene rings is 1. The maximum Gasteiger partial charge on any atom is 0.217 e. The van der Waals surface area contributed by atoms with Gasteiger partial charge in [0.05, 0.1) is 0 Å². The molecule has 0 saturated heterocycles. The summed E-state index contributed by atoms with van der Waals surface area (Å²) in [6, 6.07) is 3.29. The second-order valence-corrected chi connectivity index (χ2v) is 3.99. The predicted octanol–water partition coefficient (Wildman–Crippen LogP) is 2.01. The van der Waals surface area contributed by atoms with Crippen LogP contribution in [-0.4, -0.2) is 5.91 Å². The molecule has 0 aliphatic heterocycles. The molecule has 0 aliphatic rings.